The molecule has 3 nitrogen and oxygen atoms in total. The summed E-state index contributed by atoms with van der Waals surface area (Å²) < 4.78 is 0. The van der Waals surface area contributed by atoms with Gasteiger partial charge in [-0.2, -0.15) is 0 Å². The Morgan fingerprint density at radius 1 is 1.40 bits per heavy atom. The zero-order valence-electron chi connectivity index (χ0n) is 14.3. The summed E-state index contributed by atoms with van der Waals surface area (Å²) in [6, 6.07) is 0.678. The number of nitrogens with zero attached hydrogens (tertiary/aromatic N) is 1. The van der Waals surface area contributed by atoms with Crippen molar-refractivity contribution in [2.24, 2.45) is 11.3 Å². The van der Waals surface area contributed by atoms with Gasteiger partial charge < -0.3 is 15.3 Å². The Balaban J connectivity index is 2.50. The Morgan fingerprint density at radius 2 is 2.10 bits per heavy atom. The topological polar surface area (TPSA) is 35.5 Å². The summed E-state index contributed by atoms with van der Waals surface area (Å²) >= 11 is 0. The van der Waals surface area contributed by atoms with Gasteiger partial charge in [0.25, 0.3) is 0 Å². The van der Waals surface area contributed by atoms with Crippen LogP contribution in [0.4, 0.5) is 0 Å². The lowest BCUT2D eigenvalue weighted by atomic mass is 9.69. The van der Waals surface area contributed by atoms with Crippen LogP contribution in [0.5, 0.6) is 0 Å². The lowest BCUT2D eigenvalue weighted by Crippen LogP contribution is -2.47. The lowest BCUT2D eigenvalue weighted by Gasteiger charge is -2.42. The second-order valence-electron chi connectivity index (χ2n) is 7.63. The van der Waals surface area contributed by atoms with Crippen molar-refractivity contribution >= 4 is 0 Å². The van der Waals surface area contributed by atoms with E-state index >= 15 is 0 Å². The van der Waals surface area contributed by atoms with Gasteiger partial charge in [0.15, 0.2) is 0 Å². The van der Waals surface area contributed by atoms with Crippen LogP contribution in [0.1, 0.15) is 59.8 Å². The molecule has 0 aromatic rings. The molecule has 1 saturated carbocycles. The predicted octanol–water partition coefficient (Wildman–Crippen LogP) is 2.88. The highest BCUT2D eigenvalue weighted by Gasteiger charge is 2.34. The van der Waals surface area contributed by atoms with Crippen molar-refractivity contribution in [1.29, 1.82) is 0 Å². The summed E-state index contributed by atoms with van der Waals surface area (Å²) in [4.78, 5) is 2.40. The lowest BCUT2D eigenvalue weighted by molar-refractivity contribution is 0.100. The van der Waals surface area contributed by atoms with Gasteiger partial charge in [-0.25, -0.2) is 0 Å². The minimum absolute atomic E-state index is 0.186. The average molecular weight is 284 g/mol. The highest BCUT2D eigenvalue weighted by atomic mass is 16.3. The molecule has 0 aromatic carbocycles. The molecule has 2 N–H and O–H groups in total. The fourth-order valence-corrected chi connectivity index (χ4v) is 3.43. The number of rotatable bonds is 8. The third kappa shape index (κ3) is 6.55. The quantitative estimate of drug-likeness (QED) is 0.719. The van der Waals surface area contributed by atoms with Crippen molar-refractivity contribution in [1.82, 2.24) is 10.2 Å². The van der Waals surface area contributed by atoms with Crippen LogP contribution in [-0.4, -0.2) is 48.8 Å². The maximum absolute atomic E-state index is 9.42. The Morgan fingerprint density at radius 3 is 2.70 bits per heavy atom. The number of aliphatic hydroxyl groups excluding tert-OH is 1. The fraction of sp³-hybridized carbons (Fsp3) is 1.00. The molecule has 0 aliphatic heterocycles. The molecule has 1 rings (SSSR count). The van der Waals surface area contributed by atoms with Crippen molar-refractivity contribution in [2.75, 3.05) is 26.7 Å². The molecule has 1 aliphatic carbocycles. The molecule has 120 valence electrons. The van der Waals surface area contributed by atoms with Gasteiger partial charge in [-0.15, -0.1) is 0 Å². The van der Waals surface area contributed by atoms with Crippen LogP contribution in [-0.2, 0) is 0 Å². The van der Waals surface area contributed by atoms with Crippen LogP contribution in [0.25, 0.3) is 0 Å². The number of hydrogen-bond donors (Lipinski definition) is 2. The second kappa shape index (κ2) is 8.35. The summed E-state index contributed by atoms with van der Waals surface area (Å²) in [5.74, 6) is 0.740. The second-order valence-corrected chi connectivity index (χ2v) is 7.63. The molecular weight excluding hydrogens is 248 g/mol. The molecule has 1 aliphatic rings. The SMILES string of the molecule is CCCNC1CCC(C)(C)CC1CN(C)CCC(C)O. The first-order valence-electron chi connectivity index (χ1n) is 8.44. The highest BCUT2D eigenvalue weighted by Crippen LogP contribution is 2.39. The van der Waals surface area contributed by atoms with E-state index in [0.29, 0.717) is 11.5 Å². The summed E-state index contributed by atoms with van der Waals surface area (Å²) in [5.41, 5.74) is 0.486. The zero-order chi connectivity index (χ0) is 15.2. The van der Waals surface area contributed by atoms with E-state index in [1.165, 1.54) is 25.7 Å². The fourth-order valence-electron chi connectivity index (χ4n) is 3.43. The van der Waals surface area contributed by atoms with E-state index in [2.05, 4.69) is 38.0 Å². The molecule has 3 heteroatoms. The zero-order valence-corrected chi connectivity index (χ0v) is 14.3. The maximum Gasteiger partial charge on any atom is 0.0524 e. The Hall–Kier alpha value is -0.120. The van der Waals surface area contributed by atoms with E-state index in [9.17, 15) is 5.11 Å². The molecule has 0 aromatic heterocycles. The molecule has 0 heterocycles. The third-order valence-corrected chi connectivity index (χ3v) is 4.65. The van der Waals surface area contributed by atoms with E-state index in [4.69, 9.17) is 0 Å². The van der Waals surface area contributed by atoms with Crippen molar-refractivity contribution in [3.05, 3.63) is 0 Å². The van der Waals surface area contributed by atoms with Gasteiger partial charge in [0.1, 0.15) is 0 Å². The highest BCUT2D eigenvalue weighted by molar-refractivity contribution is 4.90. The molecule has 3 atom stereocenters. The maximum atomic E-state index is 9.42. The van der Waals surface area contributed by atoms with Gasteiger partial charge in [0.05, 0.1) is 6.10 Å². The molecule has 0 amide bonds. The van der Waals surface area contributed by atoms with Gasteiger partial charge in [-0.1, -0.05) is 20.8 Å². The molecular formula is C17H36N2O. The van der Waals surface area contributed by atoms with Crippen LogP contribution in [0, 0.1) is 11.3 Å². The van der Waals surface area contributed by atoms with Crippen molar-refractivity contribution in [2.45, 2.75) is 71.9 Å². The summed E-state index contributed by atoms with van der Waals surface area (Å²) in [5, 5.41) is 13.2. The summed E-state index contributed by atoms with van der Waals surface area (Å²) in [7, 11) is 2.20. The van der Waals surface area contributed by atoms with Crippen molar-refractivity contribution in [3.8, 4) is 0 Å². The van der Waals surface area contributed by atoms with Gasteiger partial charge in [-0.05, 0) is 64.0 Å². The monoisotopic (exact) mass is 284 g/mol. The standard InChI is InChI=1S/C17H36N2O/c1-6-10-18-16-7-9-17(3,4)12-15(16)13-19(5)11-8-14(2)20/h14-16,18,20H,6-13H2,1-5H3. The van der Waals surface area contributed by atoms with E-state index in [1.54, 1.807) is 0 Å². The third-order valence-electron chi connectivity index (χ3n) is 4.65. The number of hydrogen-bond acceptors (Lipinski definition) is 3. The van der Waals surface area contributed by atoms with Crippen LogP contribution < -0.4 is 5.32 Å². The summed E-state index contributed by atoms with van der Waals surface area (Å²) in [6.45, 7) is 12.2. The number of nitrogens with one attached hydrogen (secondary N) is 1. The van der Waals surface area contributed by atoms with Crippen LogP contribution in [0.2, 0.25) is 0 Å². The van der Waals surface area contributed by atoms with Crippen molar-refractivity contribution in [3.63, 3.8) is 0 Å². The first-order valence-corrected chi connectivity index (χ1v) is 8.44. The molecule has 3 unspecified atom stereocenters. The average Bonchev–Trinajstić information content (AvgIpc) is 2.35. The predicted molar refractivity (Wildman–Crippen MR) is 87.0 cm³/mol. The van der Waals surface area contributed by atoms with Crippen LogP contribution >= 0.6 is 0 Å². The Bertz CT molecular complexity index is 266. The summed E-state index contributed by atoms with van der Waals surface area (Å²) in [6.07, 6.45) is 5.86. The number of aliphatic hydroxyl groups is 1. The first kappa shape index (κ1) is 17.9. The minimum Gasteiger partial charge on any atom is -0.393 e. The van der Waals surface area contributed by atoms with Gasteiger partial charge in [-0.3, -0.25) is 0 Å². The minimum atomic E-state index is -0.186. The largest absolute Gasteiger partial charge is 0.393 e. The van der Waals surface area contributed by atoms with E-state index in [0.717, 1.165) is 32.0 Å². The van der Waals surface area contributed by atoms with Crippen molar-refractivity contribution < 1.29 is 5.11 Å². The molecule has 0 bridgehead atoms. The van der Waals surface area contributed by atoms with Gasteiger partial charge in [0, 0.05) is 19.1 Å². The smallest absolute Gasteiger partial charge is 0.0524 e. The molecule has 1 fully saturated rings. The molecule has 0 spiro atoms. The molecule has 0 saturated heterocycles. The molecule has 0 radical (unpaired) electrons. The Labute approximate surface area is 126 Å². The van der Waals surface area contributed by atoms with E-state index < -0.39 is 0 Å². The van der Waals surface area contributed by atoms with Crippen LogP contribution in [0.15, 0.2) is 0 Å². The van der Waals surface area contributed by atoms with Crippen LogP contribution in [0.3, 0.4) is 0 Å². The van der Waals surface area contributed by atoms with E-state index in [1.807, 2.05) is 6.92 Å². The molecule has 20 heavy (non-hydrogen) atoms. The Kier molecular flexibility index (Phi) is 7.49. The first-order chi connectivity index (χ1) is 9.34. The van der Waals surface area contributed by atoms with E-state index in [-0.39, 0.29) is 6.10 Å². The van der Waals surface area contributed by atoms with Gasteiger partial charge in [0.2, 0.25) is 0 Å². The normalized spacial score (nSPS) is 27.8. The van der Waals surface area contributed by atoms with Gasteiger partial charge >= 0.3 is 0 Å².